The van der Waals surface area contributed by atoms with Crippen molar-refractivity contribution in [2.75, 3.05) is 11.9 Å². The van der Waals surface area contributed by atoms with Crippen molar-refractivity contribution in [2.45, 2.75) is 26.8 Å². The Balaban J connectivity index is 1.91. The Kier molecular flexibility index (Phi) is 4.78. The maximum absolute atomic E-state index is 5.56. The molecule has 1 aromatic heterocycles. The lowest BCUT2D eigenvalue weighted by molar-refractivity contribution is 0.317. The second kappa shape index (κ2) is 6.78. The Morgan fingerprint density at radius 2 is 1.95 bits per heavy atom. The summed E-state index contributed by atoms with van der Waals surface area (Å²) in [6.45, 7) is 5.70. The van der Waals surface area contributed by atoms with Gasteiger partial charge in [0, 0.05) is 12.7 Å². The highest BCUT2D eigenvalue weighted by molar-refractivity contribution is 5.43. The monoisotopic (exact) mass is 256 g/mol. The average Bonchev–Trinajstić information content (AvgIpc) is 2.45. The van der Waals surface area contributed by atoms with Crippen LogP contribution < -0.4 is 10.1 Å². The Morgan fingerprint density at radius 3 is 2.63 bits per heavy atom. The molecule has 2 aromatic rings. The number of benzene rings is 1. The molecule has 0 radical (unpaired) electrons. The van der Waals surface area contributed by atoms with Gasteiger partial charge in [-0.1, -0.05) is 25.1 Å². The predicted octanol–water partition coefficient (Wildman–Crippen LogP) is 3.79. The van der Waals surface area contributed by atoms with E-state index in [2.05, 4.69) is 42.3 Å². The first-order valence-corrected chi connectivity index (χ1v) is 6.67. The van der Waals surface area contributed by atoms with E-state index in [4.69, 9.17) is 4.74 Å². The molecule has 0 unspecified atom stereocenters. The van der Waals surface area contributed by atoms with Gasteiger partial charge in [0.1, 0.15) is 11.6 Å². The number of ether oxygens (including phenoxy) is 1. The van der Waals surface area contributed by atoms with Crippen molar-refractivity contribution in [3.63, 3.8) is 0 Å². The minimum atomic E-state index is 0.769. The fourth-order valence-electron chi connectivity index (χ4n) is 1.78. The summed E-state index contributed by atoms with van der Waals surface area (Å²) in [5, 5.41) is 3.34. The van der Waals surface area contributed by atoms with Crippen molar-refractivity contribution in [2.24, 2.45) is 0 Å². The minimum absolute atomic E-state index is 0.769. The number of nitrogens with one attached hydrogen (secondary N) is 1. The van der Waals surface area contributed by atoms with Gasteiger partial charge in [0.15, 0.2) is 0 Å². The minimum Gasteiger partial charge on any atom is -0.494 e. The van der Waals surface area contributed by atoms with Gasteiger partial charge < -0.3 is 10.1 Å². The molecule has 0 saturated carbocycles. The highest BCUT2D eigenvalue weighted by Gasteiger charge is 1.99. The van der Waals surface area contributed by atoms with Gasteiger partial charge in [0.2, 0.25) is 0 Å². The molecule has 2 rings (SSSR count). The first-order valence-electron chi connectivity index (χ1n) is 6.67. The molecule has 0 bridgehead atoms. The summed E-state index contributed by atoms with van der Waals surface area (Å²) < 4.78 is 5.56. The molecule has 100 valence electrons. The van der Waals surface area contributed by atoms with E-state index in [1.807, 2.05) is 18.2 Å². The Labute approximate surface area is 114 Å². The summed E-state index contributed by atoms with van der Waals surface area (Å²) in [6, 6.07) is 12.2. The number of hydrogen-bond acceptors (Lipinski definition) is 3. The van der Waals surface area contributed by atoms with Crippen molar-refractivity contribution in [1.29, 1.82) is 0 Å². The molecule has 1 N–H and O–H groups in total. The van der Waals surface area contributed by atoms with Gasteiger partial charge in [-0.3, -0.25) is 0 Å². The molecule has 3 heteroatoms. The number of nitrogens with zero attached hydrogens (tertiary/aromatic N) is 1. The lowest BCUT2D eigenvalue weighted by Gasteiger charge is -2.09. The number of pyridine rings is 1. The zero-order valence-corrected chi connectivity index (χ0v) is 11.5. The largest absolute Gasteiger partial charge is 0.494 e. The number of aromatic nitrogens is 1. The topological polar surface area (TPSA) is 34.1 Å². The van der Waals surface area contributed by atoms with E-state index < -0.39 is 0 Å². The summed E-state index contributed by atoms with van der Waals surface area (Å²) in [6.07, 6.45) is 2.83. The SMILES string of the molecule is CCCOc1ccc(CNc2ncccc2C)cc1. The van der Waals surface area contributed by atoms with E-state index in [1.54, 1.807) is 6.20 Å². The molecule has 0 atom stereocenters. The van der Waals surface area contributed by atoms with Crippen LogP contribution in [-0.4, -0.2) is 11.6 Å². The van der Waals surface area contributed by atoms with E-state index >= 15 is 0 Å². The predicted molar refractivity (Wildman–Crippen MR) is 78.5 cm³/mol. The standard InChI is InChI=1S/C16H20N2O/c1-3-11-19-15-8-6-14(7-9-15)12-18-16-13(2)5-4-10-17-16/h4-10H,3,11-12H2,1-2H3,(H,17,18). The molecule has 0 saturated heterocycles. The van der Waals surface area contributed by atoms with E-state index in [0.717, 1.165) is 36.7 Å². The van der Waals surface area contributed by atoms with Crippen LogP contribution in [0.3, 0.4) is 0 Å². The Hall–Kier alpha value is -2.03. The van der Waals surface area contributed by atoms with Gasteiger partial charge in [0.25, 0.3) is 0 Å². The number of rotatable bonds is 6. The molecule has 0 spiro atoms. The molecular weight excluding hydrogens is 236 g/mol. The van der Waals surface area contributed by atoms with Gasteiger partial charge >= 0.3 is 0 Å². The molecule has 0 aliphatic heterocycles. The van der Waals surface area contributed by atoms with Crippen LogP contribution in [0, 0.1) is 6.92 Å². The fourth-order valence-corrected chi connectivity index (χ4v) is 1.78. The van der Waals surface area contributed by atoms with Crippen molar-refractivity contribution in [3.05, 3.63) is 53.7 Å². The van der Waals surface area contributed by atoms with Gasteiger partial charge in [-0.2, -0.15) is 0 Å². The van der Waals surface area contributed by atoms with Crippen LogP contribution in [0.1, 0.15) is 24.5 Å². The van der Waals surface area contributed by atoms with Crippen molar-refractivity contribution in [3.8, 4) is 5.75 Å². The number of aryl methyl sites for hydroxylation is 1. The quantitative estimate of drug-likeness (QED) is 0.853. The summed E-state index contributed by atoms with van der Waals surface area (Å²) >= 11 is 0. The van der Waals surface area contributed by atoms with Crippen LogP contribution in [0.2, 0.25) is 0 Å². The van der Waals surface area contributed by atoms with Crippen LogP contribution in [0.5, 0.6) is 5.75 Å². The Morgan fingerprint density at radius 1 is 1.16 bits per heavy atom. The molecule has 3 nitrogen and oxygen atoms in total. The van der Waals surface area contributed by atoms with Crippen LogP contribution >= 0.6 is 0 Å². The summed E-state index contributed by atoms with van der Waals surface area (Å²) in [5.74, 6) is 1.87. The number of anilines is 1. The van der Waals surface area contributed by atoms with Crippen molar-refractivity contribution < 1.29 is 4.74 Å². The van der Waals surface area contributed by atoms with Crippen LogP contribution in [0.4, 0.5) is 5.82 Å². The van der Waals surface area contributed by atoms with E-state index in [9.17, 15) is 0 Å². The molecule has 0 amide bonds. The van der Waals surface area contributed by atoms with E-state index in [0.29, 0.717) is 0 Å². The van der Waals surface area contributed by atoms with Crippen LogP contribution in [0.15, 0.2) is 42.6 Å². The van der Waals surface area contributed by atoms with Crippen LogP contribution in [0.25, 0.3) is 0 Å². The first-order chi connectivity index (χ1) is 9.29. The molecule has 19 heavy (non-hydrogen) atoms. The highest BCUT2D eigenvalue weighted by Crippen LogP contribution is 2.15. The average molecular weight is 256 g/mol. The van der Waals surface area contributed by atoms with Gasteiger partial charge in [-0.25, -0.2) is 4.98 Å². The third-order valence-corrected chi connectivity index (χ3v) is 2.87. The molecule has 0 aliphatic rings. The Bertz CT molecular complexity index is 508. The maximum atomic E-state index is 5.56. The van der Waals surface area contributed by atoms with Gasteiger partial charge in [-0.05, 0) is 42.7 Å². The van der Waals surface area contributed by atoms with Gasteiger partial charge in [-0.15, -0.1) is 0 Å². The molecule has 1 heterocycles. The second-order valence-corrected chi connectivity index (χ2v) is 4.51. The zero-order valence-electron chi connectivity index (χ0n) is 11.5. The zero-order chi connectivity index (χ0) is 13.5. The molecule has 0 fully saturated rings. The van der Waals surface area contributed by atoms with E-state index in [-0.39, 0.29) is 0 Å². The third kappa shape index (κ3) is 3.98. The van der Waals surface area contributed by atoms with Crippen molar-refractivity contribution >= 4 is 5.82 Å². The smallest absolute Gasteiger partial charge is 0.129 e. The normalized spacial score (nSPS) is 10.2. The summed E-state index contributed by atoms with van der Waals surface area (Å²) in [4.78, 5) is 4.32. The lowest BCUT2D eigenvalue weighted by Crippen LogP contribution is -2.03. The molecule has 1 aromatic carbocycles. The third-order valence-electron chi connectivity index (χ3n) is 2.87. The van der Waals surface area contributed by atoms with Crippen molar-refractivity contribution in [1.82, 2.24) is 4.98 Å². The number of hydrogen-bond donors (Lipinski definition) is 1. The van der Waals surface area contributed by atoms with Crippen LogP contribution in [-0.2, 0) is 6.54 Å². The summed E-state index contributed by atoms with van der Waals surface area (Å²) in [5.41, 5.74) is 2.37. The molecule has 0 aliphatic carbocycles. The fraction of sp³-hybridized carbons (Fsp3) is 0.312. The first kappa shape index (κ1) is 13.4. The van der Waals surface area contributed by atoms with Gasteiger partial charge in [0.05, 0.1) is 6.61 Å². The highest BCUT2D eigenvalue weighted by atomic mass is 16.5. The summed E-state index contributed by atoms with van der Waals surface area (Å²) in [7, 11) is 0. The second-order valence-electron chi connectivity index (χ2n) is 4.51. The maximum Gasteiger partial charge on any atom is 0.129 e. The lowest BCUT2D eigenvalue weighted by atomic mass is 10.2. The van der Waals surface area contributed by atoms with E-state index in [1.165, 1.54) is 5.56 Å². The molecular formula is C16H20N2O.